The van der Waals surface area contributed by atoms with Crippen molar-refractivity contribution in [2.24, 2.45) is 5.73 Å². The van der Waals surface area contributed by atoms with Crippen molar-refractivity contribution in [3.8, 4) is 29.1 Å². The van der Waals surface area contributed by atoms with E-state index in [1.165, 1.54) is 23.1 Å². The molecule has 0 bridgehead atoms. The topological polar surface area (TPSA) is 86.7 Å². The highest BCUT2D eigenvalue weighted by molar-refractivity contribution is 5.85. The third-order valence-electron chi connectivity index (χ3n) is 6.22. The van der Waals surface area contributed by atoms with Gasteiger partial charge in [-0.25, -0.2) is 0 Å². The molecular formula is C26H33ClN2O4. The summed E-state index contributed by atoms with van der Waals surface area (Å²) in [6.07, 6.45) is 6.77. The molecular weight excluding hydrogens is 440 g/mol. The number of allylic oxidation sites excluding steroid dienone is 2. The van der Waals surface area contributed by atoms with Crippen LogP contribution in [-0.4, -0.2) is 35.0 Å². The van der Waals surface area contributed by atoms with Crippen LogP contribution in [0.2, 0.25) is 0 Å². The van der Waals surface area contributed by atoms with Gasteiger partial charge in [0.25, 0.3) is 0 Å². The Morgan fingerprint density at radius 2 is 1.55 bits per heavy atom. The van der Waals surface area contributed by atoms with Crippen molar-refractivity contribution in [2.75, 3.05) is 35.0 Å². The summed E-state index contributed by atoms with van der Waals surface area (Å²) in [4.78, 5) is 0. The van der Waals surface area contributed by atoms with Crippen LogP contribution in [0.5, 0.6) is 23.0 Å². The highest BCUT2D eigenvalue weighted by Crippen LogP contribution is 2.46. The van der Waals surface area contributed by atoms with E-state index >= 15 is 0 Å². The van der Waals surface area contributed by atoms with Crippen LogP contribution < -0.4 is 24.7 Å². The number of rotatable bonds is 6. The SMILES string of the molecule is COc1ccc2c(c1OC)/C(=C/C#N)CC2.COc1ccc2c(c1OC)C(CCN)CC2.Cl. The Bertz CT molecular complexity index is 1030. The van der Waals surface area contributed by atoms with E-state index in [4.69, 9.17) is 29.9 Å². The molecule has 0 saturated heterocycles. The smallest absolute Gasteiger partial charge is 0.168 e. The predicted molar refractivity (Wildman–Crippen MR) is 133 cm³/mol. The number of benzene rings is 2. The minimum Gasteiger partial charge on any atom is -0.493 e. The number of methoxy groups -OCH3 is 4. The quantitative estimate of drug-likeness (QED) is 0.591. The first-order valence-electron chi connectivity index (χ1n) is 10.9. The zero-order valence-corrected chi connectivity index (χ0v) is 20.6. The molecule has 33 heavy (non-hydrogen) atoms. The average molecular weight is 473 g/mol. The van der Waals surface area contributed by atoms with Crippen LogP contribution in [0.3, 0.4) is 0 Å². The maximum atomic E-state index is 8.74. The minimum absolute atomic E-state index is 0. The Labute approximate surface area is 202 Å². The third-order valence-corrected chi connectivity index (χ3v) is 6.22. The molecule has 0 aromatic heterocycles. The average Bonchev–Trinajstić information content (AvgIpc) is 3.43. The number of hydrogen-bond donors (Lipinski definition) is 1. The lowest BCUT2D eigenvalue weighted by Crippen LogP contribution is -2.06. The molecule has 4 rings (SSSR count). The fourth-order valence-corrected chi connectivity index (χ4v) is 4.77. The monoisotopic (exact) mass is 472 g/mol. The molecule has 2 aromatic carbocycles. The van der Waals surface area contributed by atoms with Gasteiger partial charge in [-0.15, -0.1) is 12.4 Å². The van der Waals surface area contributed by atoms with Crippen molar-refractivity contribution in [1.82, 2.24) is 0 Å². The molecule has 0 spiro atoms. The number of ether oxygens (including phenoxy) is 4. The van der Waals surface area contributed by atoms with Gasteiger partial charge in [-0.1, -0.05) is 12.1 Å². The maximum Gasteiger partial charge on any atom is 0.168 e. The molecule has 7 heteroatoms. The van der Waals surface area contributed by atoms with Crippen molar-refractivity contribution < 1.29 is 18.9 Å². The molecule has 0 radical (unpaired) electrons. The molecule has 6 nitrogen and oxygen atoms in total. The molecule has 1 unspecified atom stereocenters. The van der Waals surface area contributed by atoms with Crippen LogP contribution in [0, 0.1) is 11.3 Å². The summed E-state index contributed by atoms with van der Waals surface area (Å²) in [5, 5.41) is 8.74. The number of nitrogens with two attached hydrogens (primary N) is 1. The van der Waals surface area contributed by atoms with E-state index in [1.54, 1.807) is 34.5 Å². The maximum absolute atomic E-state index is 8.74. The van der Waals surface area contributed by atoms with Crippen LogP contribution in [0.25, 0.3) is 5.57 Å². The summed E-state index contributed by atoms with van der Waals surface area (Å²) >= 11 is 0. The Balaban J connectivity index is 0.000000227. The minimum atomic E-state index is 0. The van der Waals surface area contributed by atoms with Gasteiger partial charge in [0.05, 0.1) is 34.5 Å². The Hall–Kier alpha value is -2.88. The second kappa shape index (κ2) is 12.4. The number of hydrogen-bond acceptors (Lipinski definition) is 6. The molecule has 2 aliphatic carbocycles. The highest BCUT2D eigenvalue weighted by atomic mass is 35.5. The van der Waals surface area contributed by atoms with Gasteiger partial charge in [-0.05, 0) is 73.4 Å². The number of halogens is 1. The van der Waals surface area contributed by atoms with Gasteiger partial charge < -0.3 is 24.7 Å². The fraction of sp³-hybridized carbons (Fsp3) is 0.423. The molecule has 0 fully saturated rings. The number of nitrogens with zero attached hydrogens (tertiary/aromatic N) is 1. The lowest BCUT2D eigenvalue weighted by Gasteiger charge is -2.16. The van der Waals surface area contributed by atoms with E-state index in [9.17, 15) is 0 Å². The van der Waals surface area contributed by atoms with E-state index in [-0.39, 0.29) is 12.4 Å². The van der Waals surface area contributed by atoms with Gasteiger partial charge in [0, 0.05) is 17.2 Å². The molecule has 0 heterocycles. The van der Waals surface area contributed by atoms with Crippen molar-refractivity contribution in [2.45, 2.75) is 38.0 Å². The lowest BCUT2D eigenvalue weighted by atomic mass is 9.96. The summed E-state index contributed by atoms with van der Waals surface area (Å²) in [6.45, 7) is 0.727. The van der Waals surface area contributed by atoms with Gasteiger partial charge >= 0.3 is 0 Å². The van der Waals surface area contributed by atoms with Gasteiger partial charge in [-0.2, -0.15) is 5.26 Å². The van der Waals surface area contributed by atoms with Gasteiger partial charge in [0.15, 0.2) is 23.0 Å². The zero-order chi connectivity index (χ0) is 23.1. The molecule has 0 aliphatic heterocycles. The third kappa shape index (κ3) is 5.38. The van der Waals surface area contributed by atoms with Gasteiger partial charge in [-0.3, -0.25) is 0 Å². The zero-order valence-electron chi connectivity index (χ0n) is 19.8. The first kappa shape index (κ1) is 26.4. The van der Waals surface area contributed by atoms with Crippen LogP contribution in [0.15, 0.2) is 30.3 Å². The number of aryl methyl sites for hydroxylation is 2. The van der Waals surface area contributed by atoms with Crippen molar-refractivity contribution in [1.29, 1.82) is 5.26 Å². The van der Waals surface area contributed by atoms with Crippen molar-refractivity contribution >= 4 is 18.0 Å². The van der Waals surface area contributed by atoms with Gasteiger partial charge in [0.1, 0.15) is 0 Å². The Morgan fingerprint density at radius 3 is 2.12 bits per heavy atom. The highest BCUT2D eigenvalue weighted by Gasteiger charge is 2.27. The molecule has 1 atom stereocenters. The second-order valence-corrected chi connectivity index (χ2v) is 7.82. The summed E-state index contributed by atoms with van der Waals surface area (Å²) in [5.41, 5.74) is 11.6. The van der Waals surface area contributed by atoms with Crippen LogP contribution in [0.4, 0.5) is 0 Å². The van der Waals surface area contributed by atoms with E-state index < -0.39 is 0 Å². The Morgan fingerprint density at radius 1 is 0.909 bits per heavy atom. The first-order chi connectivity index (χ1) is 15.6. The summed E-state index contributed by atoms with van der Waals surface area (Å²) in [7, 11) is 6.63. The van der Waals surface area contributed by atoms with E-state index in [2.05, 4.69) is 12.1 Å². The second-order valence-electron chi connectivity index (χ2n) is 7.82. The predicted octanol–water partition coefficient (Wildman–Crippen LogP) is 5.06. The van der Waals surface area contributed by atoms with Crippen LogP contribution >= 0.6 is 12.4 Å². The molecule has 0 amide bonds. The molecule has 2 N–H and O–H groups in total. The number of fused-ring (bicyclic) bond motifs is 2. The molecule has 2 aliphatic rings. The van der Waals surface area contributed by atoms with Gasteiger partial charge in [0.2, 0.25) is 0 Å². The summed E-state index contributed by atoms with van der Waals surface area (Å²) < 4.78 is 21.5. The van der Waals surface area contributed by atoms with Crippen molar-refractivity contribution in [3.63, 3.8) is 0 Å². The van der Waals surface area contributed by atoms with E-state index in [0.717, 1.165) is 60.6 Å². The molecule has 0 saturated carbocycles. The largest absolute Gasteiger partial charge is 0.493 e. The first-order valence-corrected chi connectivity index (χ1v) is 10.9. The molecule has 178 valence electrons. The van der Waals surface area contributed by atoms with E-state index in [1.807, 2.05) is 18.2 Å². The van der Waals surface area contributed by atoms with Crippen molar-refractivity contribution in [3.05, 3.63) is 52.6 Å². The lowest BCUT2D eigenvalue weighted by molar-refractivity contribution is 0.349. The normalized spacial score (nSPS) is 16.5. The van der Waals surface area contributed by atoms with Crippen LogP contribution in [-0.2, 0) is 12.8 Å². The standard InChI is InChI=1S/C13H19NO2.C13H13NO2.ClH/c2*1-15-11-6-5-9-3-4-10(7-8-14)12(9)13(11)16-2;/h5-6,10H,3-4,7-8,14H2,1-2H3;5-7H,3-4H2,1-2H3;1H/b;10-7+;. The van der Waals surface area contributed by atoms with Crippen LogP contribution in [0.1, 0.15) is 47.4 Å². The summed E-state index contributed by atoms with van der Waals surface area (Å²) in [5.74, 6) is 3.71. The Kier molecular flexibility index (Phi) is 9.90. The number of nitriles is 1. The van der Waals surface area contributed by atoms with E-state index in [0.29, 0.717) is 11.7 Å². The fourth-order valence-electron chi connectivity index (χ4n) is 4.77. The summed E-state index contributed by atoms with van der Waals surface area (Å²) in [6, 6.07) is 10.2. The molecule has 2 aromatic rings.